The number of hydrogen-bond acceptors (Lipinski definition) is 3. The predicted octanol–water partition coefficient (Wildman–Crippen LogP) is 4.68. The van der Waals surface area contributed by atoms with Crippen LogP contribution in [0.5, 0.6) is 0 Å². The Kier molecular flexibility index (Phi) is 5.19. The fraction of sp³-hybridized carbons (Fsp3) is 0.435. The van der Waals surface area contributed by atoms with Gasteiger partial charge in [0.25, 0.3) is 0 Å². The van der Waals surface area contributed by atoms with E-state index in [0.717, 1.165) is 19.3 Å². The molecule has 1 aliphatic rings. The van der Waals surface area contributed by atoms with Crippen LogP contribution in [0.15, 0.2) is 60.7 Å². The molecule has 0 heterocycles. The smallest absolute Gasteiger partial charge is 0.347 e. The fourth-order valence-corrected chi connectivity index (χ4v) is 4.35. The number of benzene rings is 2. The van der Waals surface area contributed by atoms with Crippen molar-refractivity contribution in [1.82, 2.24) is 0 Å². The van der Waals surface area contributed by atoms with Gasteiger partial charge in [-0.1, -0.05) is 81.4 Å². The van der Waals surface area contributed by atoms with E-state index >= 15 is 0 Å². The Labute approximate surface area is 156 Å². The van der Waals surface area contributed by atoms with Crippen LogP contribution in [0.2, 0.25) is 0 Å². The molecule has 26 heavy (non-hydrogen) atoms. The number of aliphatic hydroxyl groups is 1. The van der Waals surface area contributed by atoms with Crippen LogP contribution < -0.4 is 0 Å². The fourth-order valence-electron chi connectivity index (χ4n) is 4.35. The average Bonchev–Trinajstić information content (AvgIpc) is 2.60. The van der Waals surface area contributed by atoms with Gasteiger partial charge in [0.15, 0.2) is 0 Å². The van der Waals surface area contributed by atoms with Gasteiger partial charge in [-0.3, -0.25) is 0 Å². The van der Waals surface area contributed by atoms with Gasteiger partial charge in [-0.15, -0.1) is 0 Å². The number of carbonyl (C=O) groups is 1. The standard InChI is InChI=1S/C23H28O3/c1-17-14-20(16-22(2,3)15-17)26-21(24)23(25,18-10-6-4-7-11-18)19-12-8-5-9-13-19/h4-13,17,20,25H,14-16H2,1-3H3. The van der Waals surface area contributed by atoms with Crippen LogP contribution in [0.3, 0.4) is 0 Å². The summed E-state index contributed by atoms with van der Waals surface area (Å²) in [6.45, 7) is 6.62. The van der Waals surface area contributed by atoms with E-state index in [1.807, 2.05) is 36.4 Å². The van der Waals surface area contributed by atoms with Gasteiger partial charge in [0.2, 0.25) is 5.60 Å². The lowest BCUT2D eigenvalue weighted by Crippen LogP contribution is -2.42. The van der Waals surface area contributed by atoms with E-state index in [2.05, 4.69) is 20.8 Å². The molecule has 3 heteroatoms. The molecule has 3 nitrogen and oxygen atoms in total. The van der Waals surface area contributed by atoms with Gasteiger partial charge < -0.3 is 9.84 Å². The summed E-state index contributed by atoms with van der Waals surface area (Å²) < 4.78 is 5.88. The molecule has 2 aromatic rings. The van der Waals surface area contributed by atoms with Gasteiger partial charge >= 0.3 is 5.97 Å². The molecule has 1 saturated carbocycles. The summed E-state index contributed by atoms with van der Waals surface area (Å²) in [5.74, 6) is -0.0945. The molecule has 2 atom stereocenters. The Morgan fingerprint density at radius 3 is 1.96 bits per heavy atom. The summed E-state index contributed by atoms with van der Waals surface area (Å²) in [6, 6.07) is 18.1. The van der Waals surface area contributed by atoms with E-state index in [1.54, 1.807) is 24.3 Å². The molecule has 2 aromatic carbocycles. The summed E-state index contributed by atoms with van der Waals surface area (Å²) >= 11 is 0. The normalized spacial score (nSPS) is 22.6. The van der Waals surface area contributed by atoms with E-state index in [1.165, 1.54) is 0 Å². The van der Waals surface area contributed by atoms with Crippen LogP contribution in [-0.4, -0.2) is 17.2 Å². The minimum absolute atomic E-state index is 0.139. The second-order valence-electron chi connectivity index (χ2n) is 8.38. The molecule has 1 aliphatic carbocycles. The maximum atomic E-state index is 13.2. The molecule has 0 bridgehead atoms. The van der Waals surface area contributed by atoms with Crippen LogP contribution in [0.4, 0.5) is 0 Å². The number of hydrogen-bond donors (Lipinski definition) is 1. The highest BCUT2D eigenvalue weighted by atomic mass is 16.6. The molecule has 3 rings (SSSR count). The van der Waals surface area contributed by atoms with Crippen LogP contribution in [-0.2, 0) is 15.1 Å². The Morgan fingerprint density at radius 1 is 1.00 bits per heavy atom. The molecular weight excluding hydrogens is 324 g/mol. The zero-order valence-corrected chi connectivity index (χ0v) is 15.8. The van der Waals surface area contributed by atoms with E-state index < -0.39 is 11.6 Å². The molecule has 2 unspecified atom stereocenters. The quantitative estimate of drug-likeness (QED) is 0.813. The third kappa shape index (κ3) is 3.83. The molecule has 1 N–H and O–H groups in total. The van der Waals surface area contributed by atoms with Crippen molar-refractivity contribution < 1.29 is 14.6 Å². The van der Waals surface area contributed by atoms with Crippen molar-refractivity contribution in [2.45, 2.75) is 51.7 Å². The van der Waals surface area contributed by atoms with Crippen LogP contribution in [0.25, 0.3) is 0 Å². The van der Waals surface area contributed by atoms with Gasteiger partial charge in [-0.05, 0) is 41.7 Å². The van der Waals surface area contributed by atoms with Crippen LogP contribution in [0.1, 0.15) is 51.2 Å². The molecule has 138 valence electrons. The number of esters is 1. The predicted molar refractivity (Wildman–Crippen MR) is 103 cm³/mol. The second kappa shape index (κ2) is 7.24. The van der Waals surface area contributed by atoms with E-state index in [4.69, 9.17) is 4.74 Å². The van der Waals surface area contributed by atoms with Crippen molar-refractivity contribution in [3.63, 3.8) is 0 Å². The highest BCUT2D eigenvalue weighted by Gasteiger charge is 2.44. The molecule has 0 saturated heterocycles. The van der Waals surface area contributed by atoms with Crippen molar-refractivity contribution in [3.05, 3.63) is 71.8 Å². The first-order chi connectivity index (χ1) is 12.3. The first kappa shape index (κ1) is 18.7. The lowest BCUT2D eigenvalue weighted by atomic mass is 9.71. The van der Waals surface area contributed by atoms with Crippen LogP contribution >= 0.6 is 0 Å². The van der Waals surface area contributed by atoms with E-state index in [0.29, 0.717) is 17.0 Å². The highest BCUT2D eigenvalue weighted by molar-refractivity contribution is 5.85. The Hall–Kier alpha value is -2.13. The summed E-state index contributed by atoms with van der Waals surface area (Å²) in [5, 5.41) is 11.5. The Morgan fingerprint density at radius 2 is 1.50 bits per heavy atom. The lowest BCUT2D eigenvalue weighted by Gasteiger charge is -2.39. The minimum atomic E-state index is -1.80. The molecular formula is C23H28O3. The van der Waals surface area contributed by atoms with Gasteiger partial charge in [0.1, 0.15) is 6.10 Å². The summed E-state index contributed by atoms with van der Waals surface area (Å²) in [7, 11) is 0. The van der Waals surface area contributed by atoms with Gasteiger partial charge in [0, 0.05) is 0 Å². The van der Waals surface area contributed by atoms with Gasteiger partial charge in [0.05, 0.1) is 0 Å². The lowest BCUT2D eigenvalue weighted by molar-refractivity contribution is -0.172. The maximum absolute atomic E-state index is 13.2. The monoisotopic (exact) mass is 352 g/mol. The average molecular weight is 352 g/mol. The van der Waals surface area contributed by atoms with Gasteiger partial charge in [-0.25, -0.2) is 4.79 Å². The van der Waals surface area contributed by atoms with E-state index in [9.17, 15) is 9.90 Å². The summed E-state index contributed by atoms with van der Waals surface area (Å²) in [5.41, 5.74) is -0.605. The van der Waals surface area contributed by atoms with Crippen molar-refractivity contribution in [2.75, 3.05) is 0 Å². The van der Waals surface area contributed by atoms with Gasteiger partial charge in [-0.2, -0.15) is 0 Å². The molecule has 1 fully saturated rings. The molecule has 0 spiro atoms. The first-order valence-corrected chi connectivity index (χ1v) is 9.36. The third-order valence-electron chi connectivity index (χ3n) is 5.30. The zero-order valence-electron chi connectivity index (χ0n) is 15.8. The Bertz CT molecular complexity index is 697. The molecule has 0 radical (unpaired) electrons. The Balaban J connectivity index is 1.92. The second-order valence-corrected chi connectivity index (χ2v) is 8.38. The molecule has 0 aliphatic heterocycles. The van der Waals surface area contributed by atoms with E-state index in [-0.39, 0.29) is 11.5 Å². The highest BCUT2D eigenvalue weighted by Crippen LogP contribution is 2.41. The maximum Gasteiger partial charge on any atom is 0.347 e. The number of rotatable bonds is 4. The van der Waals surface area contributed by atoms with Crippen molar-refractivity contribution >= 4 is 5.97 Å². The third-order valence-corrected chi connectivity index (χ3v) is 5.30. The summed E-state index contributed by atoms with van der Waals surface area (Å²) in [4.78, 5) is 13.2. The summed E-state index contributed by atoms with van der Waals surface area (Å²) in [6.07, 6.45) is 2.63. The molecule has 0 aromatic heterocycles. The number of ether oxygens (including phenoxy) is 1. The number of carbonyl (C=O) groups excluding carboxylic acids is 1. The van der Waals surface area contributed by atoms with Crippen molar-refractivity contribution in [3.8, 4) is 0 Å². The van der Waals surface area contributed by atoms with Crippen molar-refractivity contribution in [1.29, 1.82) is 0 Å². The topological polar surface area (TPSA) is 46.5 Å². The first-order valence-electron chi connectivity index (χ1n) is 9.36. The zero-order chi connectivity index (χ0) is 18.8. The minimum Gasteiger partial charge on any atom is -0.460 e. The SMILES string of the molecule is CC1CC(OC(=O)C(O)(c2ccccc2)c2ccccc2)CC(C)(C)C1. The molecule has 0 amide bonds. The largest absolute Gasteiger partial charge is 0.460 e. The van der Waals surface area contributed by atoms with Crippen LogP contribution in [0, 0.1) is 11.3 Å². The van der Waals surface area contributed by atoms with Crippen molar-refractivity contribution in [2.24, 2.45) is 11.3 Å².